The predicted molar refractivity (Wildman–Crippen MR) is 74.1 cm³/mol. The number of nitrogens with zero attached hydrogens (tertiary/aromatic N) is 1. The Balaban J connectivity index is 2.18. The van der Waals surface area contributed by atoms with Crippen LogP contribution < -0.4 is 11.1 Å². The summed E-state index contributed by atoms with van der Waals surface area (Å²) in [5, 5.41) is 12.0. The number of carboxylic acids is 1. The smallest absolute Gasteiger partial charge is 0.337 e. The molecular weight excluding hydrogens is 242 g/mol. The maximum Gasteiger partial charge on any atom is 0.337 e. The number of anilines is 2. The Morgan fingerprint density at radius 1 is 1.37 bits per heavy atom. The van der Waals surface area contributed by atoms with Gasteiger partial charge in [0.2, 0.25) is 0 Å². The Morgan fingerprint density at radius 2 is 2.05 bits per heavy atom. The summed E-state index contributed by atoms with van der Waals surface area (Å²) in [6, 6.07) is 11.3. The molecule has 0 aliphatic carbocycles. The van der Waals surface area contributed by atoms with E-state index in [1.165, 1.54) is 12.3 Å². The second-order valence-corrected chi connectivity index (χ2v) is 4.24. The molecule has 1 aromatic heterocycles. The van der Waals surface area contributed by atoms with Crippen LogP contribution in [0.4, 0.5) is 11.5 Å². The first-order valence-corrected chi connectivity index (χ1v) is 5.88. The maximum atomic E-state index is 10.8. The van der Waals surface area contributed by atoms with E-state index in [1.54, 1.807) is 0 Å². The Kier molecular flexibility index (Phi) is 3.66. The minimum atomic E-state index is -1.04. The van der Waals surface area contributed by atoms with Gasteiger partial charge < -0.3 is 16.2 Å². The van der Waals surface area contributed by atoms with Gasteiger partial charge in [-0.15, -0.1) is 0 Å². The van der Waals surface area contributed by atoms with Gasteiger partial charge in [0.1, 0.15) is 5.82 Å². The third kappa shape index (κ3) is 3.01. The molecule has 0 aliphatic rings. The zero-order chi connectivity index (χ0) is 13.8. The summed E-state index contributed by atoms with van der Waals surface area (Å²) >= 11 is 0. The number of aromatic carboxylic acids is 1. The average molecular weight is 257 g/mol. The summed E-state index contributed by atoms with van der Waals surface area (Å²) in [5.41, 5.74) is 7.30. The van der Waals surface area contributed by atoms with Gasteiger partial charge in [-0.3, -0.25) is 0 Å². The lowest BCUT2D eigenvalue weighted by Crippen LogP contribution is -2.11. The van der Waals surface area contributed by atoms with Gasteiger partial charge in [0, 0.05) is 6.20 Å². The first kappa shape index (κ1) is 12.9. The van der Waals surface area contributed by atoms with Gasteiger partial charge >= 0.3 is 5.97 Å². The maximum absolute atomic E-state index is 10.8. The lowest BCUT2D eigenvalue weighted by molar-refractivity contribution is 0.0696. The van der Waals surface area contributed by atoms with Crippen LogP contribution in [0.5, 0.6) is 0 Å². The lowest BCUT2D eigenvalue weighted by atomic mass is 10.1. The molecule has 0 saturated heterocycles. The van der Waals surface area contributed by atoms with Crippen LogP contribution in [0.25, 0.3) is 0 Å². The molecule has 0 fully saturated rings. The van der Waals surface area contributed by atoms with E-state index in [-0.39, 0.29) is 11.6 Å². The van der Waals surface area contributed by atoms with E-state index in [0.717, 1.165) is 5.56 Å². The van der Waals surface area contributed by atoms with Crippen LogP contribution in [0.2, 0.25) is 0 Å². The van der Waals surface area contributed by atoms with Crippen molar-refractivity contribution in [2.24, 2.45) is 0 Å². The Labute approximate surface area is 111 Å². The number of nitrogens with one attached hydrogen (secondary N) is 1. The fraction of sp³-hybridized carbons (Fsp3) is 0.143. The minimum Gasteiger partial charge on any atom is -0.478 e. The van der Waals surface area contributed by atoms with Gasteiger partial charge in [0.25, 0.3) is 0 Å². The van der Waals surface area contributed by atoms with Crippen molar-refractivity contribution in [3.8, 4) is 0 Å². The number of hydrogen-bond donors (Lipinski definition) is 3. The first-order chi connectivity index (χ1) is 9.08. The van der Waals surface area contributed by atoms with E-state index >= 15 is 0 Å². The summed E-state index contributed by atoms with van der Waals surface area (Å²) in [7, 11) is 0. The van der Waals surface area contributed by atoms with E-state index in [4.69, 9.17) is 10.8 Å². The molecule has 0 radical (unpaired) electrons. The highest BCUT2D eigenvalue weighted by Crippen LogP contribution is 2.22. The molecule has 1 aromatic carbocycles. The van der Waals surface area contributed by atoms with Crippen molar-refractivity contribution in [2.45, 2.75) is 13.0 Å². The summed E-state index contributed by atoms with van der Waals surface area (Å²) < 4.78 is 0. The third-order valence-electron chi connectivity index (χ3n) is 2.82. The largest absolute Gasteiger partial charge is 0.478 e. The van der Waals surface area contributed by atoms with Crippen molar-refractivity contribution in [1.82, 2.24) is 4.98 Å². The molecule has 0 saturated carbocycles. The summed E-state index contributed by atoms with van der Waals surface area (Å²) in [4.78, 5) is 14.8. The molecule has 1 atom stereocenters. The van der Waals surface area contributed by atoms with Crippen LogP contribution in [-0.2, 0) is 0 Å². The van der Waals surface area contributed by atoms with Gasteiger partial charge in [-0.1, -0.05) is 30.3 Å². The zero-order valence-electron chi connectivity index (χ0n) is 10.5. The van der Waals surface area contributed by atoms with Crippen LogP contribution in [0.3, 0.4) is 0 Å². The molecule has 0 bridgehead atoms. The van der Waals surface area contributed by atoms with Gasteiger partial charge in [0.05, 0.1) is 17.3 Å². The number of carbonyl (C=O) groups is 1. The highest BCUT2D eigenvalue weighted by Gasteiger charge is 2.10. The van der Waals surface area contributed by atoms with E-state index in [1.807, 2.05) is 37.3 Å². The van der Waals surface area contributed by atoms with Crippen LogP contribution in [0.1, 0.15) is 28.9 Å². The van der Waals surface area contributed by atoms with Gasteiger partial charge in [0.15, 0.2) is 0 Å². The van der Waals surface area contributed by atoms with E-state index in [9.17, 15) is 4.79 Å². The molecule has 19 heavy (non-hydrogen) atoms. The van der Waals surface area contributed by atoms with E-state index < -0.39 is 5.97 Å². The molecule has 1 unspecified atom stereocenters. The molecule has 4 N–H and O–H groups in total. The Bertz CT molecular complexity index is 584. The number of benzene rings is 1. The number of aromatic nitrogens is 1. The standard InChI is InChI=1S/C14H15N3O2/c1-9(10-5-3-2-4-6-10)17-13-12(15)7-11(8-16-13)14(18)19/h2-9H,15H2,1H3,(H,16,17)(H,18,19). The van der Waals surface area contributed by atoms with Crippen molar-refractivity contribution >= 4 is 17.5 Å². The summed E-state index contributed by atoms with van der Waals surface area (Å²) in [6.45, 7) is 1.99. The number of carboxylic acid groups (broad SMARTS) is 1. The zero-order valence-corrected chi connectivity index (χ0v) is 10.5. The lowest BCUT2D eigenvalue weighted by Gasteiger charge is -2.16. The van der Waals surface area contributed by atoms with Crippen LogP contribution in [-0.4, -0.2) is 16.1 Å². The summed E-state index contributed by atoms with van der Waals surface area (Å²) in [6.07, 6.45) is 1.29. The van der Waals surface area contributed by atoms with E-state index in [0.29, 0.717) is 11.5 Å². The summed E-state index contributed by atoms with van der Waals surface area (Å²) in [5.74, 6) is -0.553. The molecule has 0 aliphatic heterocycles. The van der Waals surface area contributed by atoms with Crippen LogP contribution >= 0.6 is 0 Å². The van der Waals surface area contributed by atoms with Crippen molar-refractivity contribution in [3.05, 3.63) is 53.7 Å². The predicted octanol–water partition coefficient (Wildman–Crippen LogP) is 2.54. The van der Waals surface area contributed by atoms with Crippen molar-refractivity contribution < 1.29 is 9.90 Å². The van der Waals surface area contributed by atoms with Crippen molar-refractivity contribution in [1.29, 1.82) is 0 Å². The second kappa shape index (κ2) is 5.39. The number of nitrogens with two attached hydrogens (primary N) is 1. The topological polar surface area (TPSA) is 88.2 Å². The molecule has 5 heteroatoms. The third-order valence-corrected chi connectivity index (χ3v) is 2.82. The highest BCUT2D eigenvalue weighted by molar-refractivity contribution is 5.89. The number of hydrogen-bond acceptors (Lipinski definition) is 4. The number of pyridine rings is 1. The van der Waals surface area contributed by atoms with Crippen LogP contribution in [0, 0.1) is 0 Å². The van der Waals surface area contributed by atoms with Crippen molar-refractivity contribution in [3.63, 3.8) is 0 Å². The molecule has 0 spiro atoms. The Hall–Kier alpha value is -2.56. The first-order valence-electron chi connectivity index (χ1n) is 5.88. The molecule has 0 amide bonds. The molecule has 2 rings (SSSR count). The van der Waals surface area contributed by atoms with Crippen LogP contribution in [0.15, 0.2) is 42.6 Å². The molecule has 5 nitrogen and oxygen atoms in total. The van der Waals surface area contributed by atoms with Gasteiger partial charge in [-0.25, -0.2) is 9.78 Å². The van der Waals surface area contributed by atoms with Crippen molar-refractivity contribution in [2.75, 3.05) is 11.1 Å². The fourth-order valence-corrected chi connectivity index (χ4v) is 1.75. The molecule has 2 aromatic rings. The average Bonchev–Trinajstić information content (AvgIpc) is 2.41. The minimum absolute atomic E-state index is 0.0340. The molecule has 98 valence electrons. The monoisotopic (exact) mass is 257 g/mol. The van der Waals surface area contributed by atoms with Gasteiger partial charge in [-0.2, -0.15) is 0 Å². The SMILES string of the molecule is CC(Nc1ncc(C(=O)O)cc1N)c1ccccc1. The molecule has 1 heterocycles. The number of nitrogen functional groups attached to an aromatic ring is 1. The van der Waals surface area contributed by atoms with Gasteiger partial charge in [-0.05, 0) is 18.6 Å². The normalized spacial score (nSPS) is 11.8. The highest BCUT2D eigenvalue weighted by atomic mass is 16.4. The van der Waals surface area contributed by atoms with E-state index in [2.05, 4.69) is 10.3 Å². The molecular formula is C14H15N3O2. The quantitative estimate of drug-likeness (QED) is 0.783. The number of rotatable bonds is 4. The Morgan fingerprint density at radius 3 is 2.63 bits per heavy atom. The fourth-order valence-electron chi connectivity index (χ4n) is 1.75. The second-order valence-electron chi connectivity index (χ2n) is 4.24.